The first-order valence-electron chi connectivity index (χ1n) is 5.36. The Morgan fingerprint density at radius 1 is 1.11 bits per heavy atom. The second-order valence-electron chi connectivity index (χ2n) is 3.64. The van der Waals surface area contributed by atoms with Crippen molar-refractivity contribution in [2.24, 2.45) is 0 Å². The normalized spacial score (nSPS) is 10.4. The highest BCUT2D eigenvalue weighted by molar-refractivity contribution is 6.06. The first-order chi connectivity index (χ1) is 8.84. The van der Waals surface area contributed by atoms with Crippen LogP contribution in [0.5, 0.6) is 0 Å². The number of nitrogens with one attached hydrogen (secondary N) is 2. The van der Waals surface area contributed by atoms with Gasteiger partial charge in [0.1, 0.15) is 11.5 Å². The van der Waals surface area contributed by atoms with Crippen molar-refractivity contribution in [1.82, 2.24) is 20.2 Å². The predicted molar refractivity (Wildman–Crippen MR) is 66.1 cm³/mol. The van der Waals surface area contributed by atoms with E-state index in [0.717, 1.165) is 5.39 Å². The predicted octanol–water partition coefficient (Wildman–Crippen LogP) is 1.61. The molecule has 0 aliphatic heterocycles. The lowest BCUT2D eigenvalue weighted by molar-refractivity contribution is 0.102. The van der Waals surface area contributed by atoms with Gasteiger partial charge in [0, 0.05) is 12.4 Å². The molecule has 6 heteroatoms. The van der Waals surface area contributed by atoms with Crippen LogP contribution in [0.4, 0.5) is 5.82 Å². The minimum Gasteiger partial charge on any atom is -0.305 e. The number of carbonyl (C=O) groups is 1. The van der Waals surface area contributed by atoms with Gasteiger partial charge in [-0.1, -0.05) is 6.07 Å². The Balaban J connectivity index is 1.91. The number of hydrogen-bond donors (Lipinski definition) is 2. The molecule has 88 valence electrons. The van der Waals surface area contributed by atoms with Crippen molar-refractivity contribution in [1.29, 1.82) is 0 Å². The molecule has 0 atom stereocenters. The number of anilines is 1. The summed E-state index contributed by atoms with van der Waals surface area (Å²) in [6.45, 7) is 0. The van der Waals surface area contributed by atoms with Crippen LogP contribution in [0.25, 0.3) is 11.0 Å². The molecule has 0 fully saturated rings. The highest BCUT2D eigenvalue weighted by Gasteiger charge is 2.11. The molecule has 2 N–H and O–H groups in total. The fraction of sp³-hybridized carbons (Fsp3) is 0. The Bertz CT molecular complexity index is 692. The summed E-state index contributed by atoms with van der Waals surface area (Å²) in [7, 11) is 0. The van der Waals surface area contributed by atoms with Crippen LogP contribution in [0, 0.1) is 0 Å². The van der Waals surface area contributed by atoms with E-state index in [1.165, 1.54) is 0 Å². The average Bonchev–Trinajstić information content (AvgIpc) is 2.83. The molecule has 0 saturated carbocycles. The van der Waals surface area contributed by atoms with Crippen molar-refractivity contribution in [3.63, 3.8) is 0 Å². The highest BCUT2D eigenvalue weighted by atomic mass is 16.1. The summed E-state index contributed by atoms with van der Waals surface area (Å²) >= 11 is 0. The number of fused-ring (bicyclic) bond motifs is 1. The third-order valence-electron chi connectivity index (χ3n) is 2.47. The number of hydrogen-bond acceptors (Lipinski definition) is 4. The van der Waals surface area contributed by atoms with Crippen LogP contribution in [0.15, 0.2) is 42.7 Å². The number of H-pyrrole nitrogens is 1. The molecular weight excluding hydrogens is 230 g/mol. The smallest absolute Gasteiger partial charge is 0.275 e. The summed E-state index contributed by atoms with van der Waals surface area (Å²) in [5.41, 5.74) is 0.915. The maximum Gasteiger partial charge on any atom is 0.275 e. The van der Waals surface area contributed by atoms with Crippen LogP contribution >= 0.6 is 0 Å². The number of amides is 1. The van der Waals surface area contributed by atoms with E-state index in [4.69, 9.17) is 0 Å². The Morgan fingerprint density at radius 2 is 2.00 bits per heavy atom. The second kappa shape index (κ2) is 4.25. The zero-order valence-electron chi connectivity index (χ0n) is 9.29. The van der Waals surface area contributed by atoms with Crippen LogP contribution in [0.1, 0.15) is 10.5 Å². The van der Waals surface area contributed by atoms with E-state index in [-0.39, 0.29) is 5.91 Å². The van der Waals surface area contributed by atoms with Crippen molar-refractivity contribution < 1.29 is 4.79 Å². The number of aromatic nitrogens is 4. The van der Waals surface area contributed by atoms with Crippen molar-refractivity contribution in [3.05, 3.63) is 48.4 Å². The van der Waals surface area contributed by atoms with E-state index in [2.05, 4.69) is 25.5 Å². The molecule has 0 aliphatic rings. The molecule has 0 saturated heterocycles. The number of nitrogens with zero attached hydrogens (tertiary/aromatic N) is 3. The van der Waals surface area contributed by atoms with Gasteiger partial charge < -0.3 is 5.32 Å². The Hall–Kier alpha value is -2.76. The van der Waals surface area contributed by atoms with Crippen molar-refractivity contribution in [2.75, 3.05) is 5.32 Å². The molecule has 0 radical (unpaired) electrons. The molecule has 6 nitrogen and oxygen atoms in total. The lowest BCUT2D eigenvalue weighted by Gasteiger charge is -2.01. The summed E-state index contributed by atoms with van der Waals surface area (Å²) in [6.07, 6.45) is 3.22. The summed E-state index contributed by atoms with van der Waals surface area (Å²) in [4.78, 5) is 20.0. The fourth-order valence-corrected chi connectivity index (χ4v) is 1.62. The molecule has 3 aromatic heterocycles. The highest BCUT2D eigenvalue weighted by Crippen LogP contribution is 2.17. The average molecular weight is 239 g/mol. The largest absolute Gasteiger partial charge is 0.305 e. The van der Waals surface area contributed by atoms with Crippen LogP contribution in [-0.2, 0) is 0 Å². The van der Waals surface area contributed by atoms with E-state index in [9.17, 15) is 4.79 Å². The van der Waals surface area contributed by atoms with Crippen LogP contribution < -0.4 is 5.32 Å². The number of aromatic amines is 1. The molecule has 3 heterocycles. The SMILES string of the molecule is O=C(Nc1[nH]nc2ncccc12)c1ccccn1. The number of carbonyl (C=O) groups excluding carboxylic acids is 1. The summed E-state index contributed by atoms with van der Waals surface area (Å²) in [5, 5.41) is 10.2. The standard InChI is InChI=1S/C12H9N5O/c18-12(9-5-1-2-6-13-9)15-11-8-4-3-7-14-10(8)16-17-11/h1-7H,(H2,14,15,16,17,18). The van der Waals surface area contributed by atoms with E-state index in [1.54, 1.807) is 36.7 Å². The maximum atomic E-state index is 11.9. The molecule has 3 rings (SSSR count). The summed E-state index contributed by atoms with van der Waals surface area (Å²) in [5.74, 6) is 0.235. The van der Waals surface area contributed by atoms with Gasteiger partial charge in [0.05, 0.1) is 5.39 Å². The van der Waals surface area contributed by atoms with Gasteiger partial charge >= 0.3 is 0 Å². The Labute approximate surface area is 102 Å². The molecule has 0 unspecified atom stereocenters. The van der Waals surface area contributed by atoms with Crippen LogP contribution in [0.3, 0.4) is 0 Å². The lowest BCUT2D eigenvalue weighted by Crippen LogP contribution is -2.13. The molecule has 0 aliphatic carbocycles. The van der Waals surface area contributed by atoms with Gasteiger partial charge in [-0.3, -0.25) is 14.9 Å². The lowest BCUT2D eigenvalue weighted by atomic mass is 10.3. The van der Waals surface area contributed by atoms with E-state index in [1.807, 2.05) is 6.07 Å². The van der Waals surface area contributed by atoms with Crippen molar-refractivity contribution in [3.8, 4) is 0 Å². The van der Waals surface area contributed by atoms with Gasteiger partial charge in [0.15, 0.2) is 5.65 Å². The maximum absolute atomic E-state index is 11.9. The first kappa shape index (κ1) is 10.4. The second-order valence-corrected chi connectivity index (χ2v) is 3.64. The third kappa shape index (κ3) is 1.80. The molecular formula is C12H9N5O. The number of rotatable bonds is 2. The van der Waals surface area contributed by atoms with Gasteiger partial charge in [-0.15, -0.1) is 0 Å². The monoisotopic (exact) mass is 239 g/mol. The topological polar surface area (TPSA) is 83.6 Å². The minimum absolute atomic E-state index is 0.287. The molecule has 18 heavy (non-hydrogen) atoms. The van der Waals surface area contributed by atoms with Gasteiger partial charge in [-0.05, 0) is 24.3 Å². The van der Waals surface area contributed by atoms with Gasteiger partial charge in [0.25, 0.3) is 5.91 Å². The molecule has 0 aromatic carbocycles. The van der Waals surface area contributed by atoms with E-state index in [0.29, 0.717) is 17.2 Å². The van der Waals surface area contributed by atoms with Crippen LogP contribution in [0.2, 0.25) is 0 Å². The van der Waals surface area contributed by atoms with Gasteiger partial charge in [0.2, 0.25) is 0 Å². The zero-order chi connectivity index (χ0) is 12.4. The third-order valence-corrected chi connectivity index (χ3v) is 2.47. The fourth-order valence-electron chi connectivity index (χ4n) is 1.62. The quantitative estimate of drug-likeness (QED) is 0.711. The minimum atomic E-state index is -0.287. The molecule has 0 bridgehead atoms. The zero-order valence-corrected chi connectivity index (χ0v) is 9.29. The van der Waals surface area contributed by atoms with Crippen molar-refractivity contribution >= 4 is 22.8 Å². The Kier molecular flexibility index (Phi) is 2.45. The molecule has 0 spiro atoms. The molecule has 1 amide bonds. The van der Waals surface area contributed by atoms with Gasteiger partial charge in [-0.25, -0.2) is 4.98 Å². The van der Waals surface area contributed by atoms with Crippen LogP contribution in [-0.4, -0.2) is 26.1 Å². The van der Waals surface area contributed by atoms with Crippen molar-refractivity contribution in [2.45, 2.75) is 0 Å². The Morgan fingerprint density at radius 3 is 2.83 bits per heavy atom. The van der Waals surface area contributed by atoms with E-state index < -0.39 is 0 Å². The molecule has 3 aromatic rings. The first-order valence-corrected chi connectivity index (χ1v) is 5.36. The van der Waals surface area contributed by atoms with Gasteiger partial charge in [-0.2, -0.15) is 5.10 Å². The summed E-state index contributed by atoms with van der Waals surface area (Å²) < 4.78 is 0. The summed E-state index contributed by atoms with van der Waals surface area (Å²) in [6, 6.07) is 8.78. The number of pyridine rings is 2. The van der Waals surface area contributed by atoms with E-state index >= 15 is 0 Å².